The van der Waals surface area contributed by atoms with E-state index >= 15 is 0 Å². The van der Waals surface area contributed by atoms with Gasteiger partial charge in [0.2, 0.25) is 0 Å². The van der Waals surface area contributed by atoms with Gasteiger partial charge in [0, 0.05) is 51.7 Å². The number of unbranched alkanes of at least 4 members (excludes halogenated alkanes) is 1. The molecule has 0 unspecified atom stereocenters. The van der Waals surface area contributed by atoms with Gasteiger partial charge in [-0.1, -0.05) is 6.92 Å². The molecule has 0 radical (unpaired) electrons. The van der Waals surface area contributed by atoms with Crippen LogP contribution < -0.4 is 10.6 Å². The van der Waals surface area contributed by atoms with Gasteiger partial charge in [-0.25, -0.2) is 4.79 Å². The molecule has 0 atom stereocenters. The maximum Gasteiger partial charge on any atom is 0.315 e. The van der Waals surface area contributed by atoms with Crippen LogP contribution in [0.3, 0.4) is 0 Å². The second kappa shape index (κ2) is 10.2. The average Bonchev–Trinajstić information content (AvgIpc) is 2.61. The lowest BCUT2D eigenvalue weighted by atomic mass is 10.2. The molecule has 2 amide bonds. The third-order valence-electron chi connectivity index (χ3n) is 4.30. The fourth-order valence-electron chi connectivity index (χ4n) is 2.74. The predicted molar refractivity (Wildman–Crippen MR) is 92.3 cm³/mol. The van der Waals surface area contributed by atoms with Crippen molar-refractivity contribution >= 4 is 6.03 Å². The molecule has 0 bridgehead atoms. The van der Waals surface area contributed by atoms with Crippen molar-refractivity contribution in [2.75, 3.05) is 45.8 Å². The van der Waals surface area contributed by atoms with E-state index in [9.17, 15) is 4.79 Å². The predicted octanol–water partition coefficient (Wildman–Crippen LogP) is 1.30. The van der Waals surface area contributed by atoms with E-state index in [0.29, 0.717) is 6.54 Å². The molecule has 1 fully saturated rings. The second-order valence-electron chi connectivity index (χ2n) is 5.95. The number of carbonyl (C=O) groups excluding carboxylic acids is 1. The van der Waals surface area contributed by atoms with Gasteiger partial charge in [0.05, 0.1) is 0 Å². The van der Waals surface area contributed by atoms with Gasteiger partial charge in [-0.2, -0.15) is 0 Å². The summed E-state index contributed by atoms with van der Waals surface area (Å²) >= 11 is 0. The van der Waals surface area contributed by atoms with E-state index in [2.05, 4.69) is 32.3 Å². The van der Waals surface area contributed by atoms with Gasteiger partial charge in [0.15, 0.2) is 0 Å². The van der Waals surface area contributed by atoms with Crippen LogP contribution in [0.25, 0.3) is 0 Å². The third kappa shape index (κ3) is 6.97. The first kappa shape index (κ1) is 17.7. The molecule has 1 aromatic heterocycles. The first-order valence-electron chi connectivity index (χ1n) is 8.63. The van der Waals surface area contributed by atoms with E-state index in [1.165, 1.54) is 26.2 Å². The molecule has 0 aromatic carbocycles. The molecule has 0 aliphatic carbocycles. The maximum atomic E-state index is 11.7. The Balaban J connectivity index is 1.46. The summed E-state index contributed by atoms with van der Waals surface area (Å²) in [5.41, 5.74) is 1.06. The number of urea groups is 1. The second-order valence-corrected chi connectivity index (χ2v) is 5.95. The molecule has 1 aliphatic rings. The highest BCUT2D eigenvalue weighted by Crippen LogP contribution is 2.02. The topological polar surface area (TPSA) is 60.5 Å². The number of nitrogens with one attached hydrogen (secondary N) is 2. The number of carbonyl (C=O) groups is 1. The van der Waals surface area contributed by atoms with E-state index in [0.717, 1.165) is 38.0 Å². The van der Waals surface area contributed by atoms with Crippen LogP contribution >= 0.6 is 0 Å². The number of amides is 2. The number of rotatable bonds is 8. The number of pyridine rings is 1. The van der Waals surface area contributed by atoms with Gasteiger partial charge >= 0.3 is 6.03 Å². The van der Waals surface area contributed by atoms with Crippen molar-refractivity contribution < 1.29 is 4.79 Å². The smallest absolute Gasteiger partial charge is 0.315 e. The zero-order chi connectivity index (χ0) is 16.3. The number of likely N-dealkylation sites (N-methyl/N-ethyl adjacent to an activating group) is 1. The Morgan fingerprint density at radius 2 is 1.78 bits per heavy atom. The van der Waals surface area contributed by atoms with E-state index in [1.54, 1.807) is 12.4 Å². The lowest BCUT2D eigenvalue weighted by Gasteiger charge is -2.33. The van der Waals surface area contributed by atoms with Gasteiger partial charge in [0.1, 0.15) is 0 Å². The summed E-state index contributed by atoms with van der Waals surface area (Å²) in [5.74, 6) is 0. The number of piperazine rings is 1. The first-order chi connectivity index (χ1) is 11.3. The Kier molecular flexibility index (Phi) is 7.83. The molecule has 2 rings (SSSR count). The quantitative estimate of drug-likeness (QED) is 0.709. The molecule has 23 heavy (non-hydrogen) atoms. The van der Waals surface area contributed by atoms with Crippen LogP contribution in [-0.2, 0) is 6.54 Å². The van der Waals surface area contributed by atoms with E-state index in [-0.39, 0.29) is 6.03 Å². The SMILES string of the molecule is CCN1CCN(CCCCNC(=O)NCc2ccncc2)CC1. The standard InChI is InChI=1S/C17H29N5O/c1-2-21-11-13-22(14-12-21)10-4-3-7-19-17(23)20-15-16-5-8-18-9-6-16/h5-6,8-9H,2-4,7,10-15H2,1H3,(H2,19,20,23). The molecule has 1 aliphatic heterocycles. The molecule has 0 spiro atoms. The summed E-state index contributed by atoms with van der Waals surface area (Å²) < 4.78 is 0. The van der Waals surface area contributed by atoms with Crippen LogP contribution in [0.15, 0.2) is 24.5 Å². The van der Waals surface area contributed by atoms with Gasteiger partial charge in [-0.05, 0) is 43.6 Å². The first-order valence-corrected chi connectivity index (χ1v) is 8.63. The molecule has 128 valence electrons. The molecule has 1 aromatic rings. The fourth-order valence-corrected chi connectivity index (χ4v) is 2.74. The number of nitrogens with zero attached hydrogens (tertiary/aromatic N) is 3. The van der Waals surface area contributed by atoms with Crippen molar-refractivity contribution in [3.63, 3.8) is 0 Å². The summed E-state index contributed by atoms with van der Waals surface area (Å²) in [6, 6.07) is 3.70. The number of aromatic nitrogens is 1. The van der Waals surface area contributed by atoms with Crippen molar-refractivity contribution in [3.8, 4) is 0 Å². The zero-order valence-corrected chi connectivity index (χ0v) is 14.1. The molecule has 2 N–H and O–H groups in total. The molecular formula is C17H29N5O. The summed E-state index contributed by atoms with van der Waals surface area (Å²) in [6.45, 7) is 10.5. The Morgan fingerprint density at radius 3 is 2.48 bits per heavy atom. The summed E-state index contributed by atoms with van der Waals surface area (Å²) in [7, 11) is 0. The monoisotopic (exact) mass is 319 g/mol. The van der Waals surface area contributed by atoms with Gasteiger partial charge in [-0.3, -0.25) is 4.98 Å². The Labute approximate surface area is 139 Å². The van der Waals surface area contributed by atoms with Crippen LogP contribution in [0.1, 0.15) is 25.3 Å². The van der Waals surface area contributed by atoms with Crippen molar-refractivity contribution in [3.05, 3.63) is 30.1 Å². The van der Waals surface area contributed by atoms with Crippen LogP contribution in [0.2, 0.25) is 0 Å². The van der Waals surface area contributed by atoms with E-state index in [4.69, 9.17) is 0 Å². The Bertz CT molecular complexity index is 446. The number of hydrogen-bond acceptors (Lipinski definition) is 4. The van der Waals surface area contributed by atoms with E-state index in [1.807, 2.05) is 12.1 Å². The molecule has 1 saturated heterocycles. The van der Waals surface area contributed by atoms with Crippen molar-refractivity contribution in [1.29, 1.82) is 0 Å². The van der Waals surface area contributed by atoms with Crippen LogP contribution in [-0.4, -0.2) is 66.6 Å². The van der Waals surface area contributed by atoms with Crippen LogP contribution in [0, 0.1) is 0 Å². The largest absolute Gasteiger partial charge is 0.338 e. The molecule has 0 saturated carbocycles. The highest BCUT2D eigenvalue weighted by molar-refractivity contribution is 5.73. The fraction of sp³-hybridized carbons (Fsp3) is 0.647. The van der Waals surface area contributed by atoms with E-state index < -0.39 is 0 Å². The normalized spacial score (nSPS) is 16.2. The maximum absolute atomic E-state index is 11.7. The summed E-state index contributed by atoms with van der Waals surface area (Å²) in [6.07, 6.45) is 5.62. The van der Waals surface area contributed by atoms with Crippen LogP contribution in [0.5, 0.6) is 0 Å². The molecular weight excluding hydrogens is 290 g/mol. The minimum Gasteiger partial charge on any atom is -0.338 e. The minimum atomic E-state index is -0.0987. The van der Waals surface area contributed by atoms with Gasteiger partial charge in [-0.15, -0.1) is 0 Å². The highest BCUT2D eigenvalue weighted by Gasteiger charge is 2.14. The van der Waals surface area contributed by atoms with Crippen molar-refractivity contribution in [2.45, 2.75) is 26.3 Å². The summed E-state index contributed by atoms with van der Waals surface area (Å²) in [4.78, 5) is 20.7. The summed E-state index contributed by atoms with van der Waals surface area (Å²) in [5, 5.41) is 5.77. The highest BCUT2D eigenvalue weighted by atomic mass is 16.2. The van der Waals surface area contributed by atoms with Gasteiger partial charge in [0.25, 0.3) is 0 Å². The average molecular weight is 319 g/mol. The minimum absolute atomic E-state index is 0.0987. The lowest BCUT2D eigenvalue weighted by molar-refractivity contribution is 0.135. The Hall–Kier alpha value is -1.66. The molecule has 6 heteroatoms. The van der Waals surface area contributed by atoms with Crippen LogP contribution in [0.4, 0.5) is 4.79 Å². The molecule has 2 heterocycles. The van der Waals surface area contributed by atoms with Crippen molar-refractivity contribution in [2.24, 2.45) is 0 Å². The van der Waals surface area contributed by atoms with Crippen molar-refractivity contribution in [1.82, 2.24) is 25.4 Å². The molecule has 6 nitrogen and oxygen atoms in total. The van der Waals surface area contributed by atoms with Gasteiger partial charge < -0.3 is 20.4 Å². The third-order valence-corrected chi connectivity index (χ3v) is 4.30. The number of hydrogen-bond donors (Lipinski definition) is 2. The lowest BCUT2D eigenvalue weighted by Crippen LogP contribution is -2.46. The zero-order valence-electron chi connectivity index (χ0n) is 14.1. The Morgan fingerprint density at radius 1 is 1.09 bits per heavy atom.